The van der Waals surface area contributed by atoms with Crippen LogP contribution in [0.4, 0.5) is 0 Å². The molecule has 1 aromatic heterocycles. The molecule has 23 heavy (non-hydrogen) atoms. The van der Waals surface area contributed by atoms with Crippen molar-refractivity contribution >= 4 is 10.0 Å². The second kappa shape index (κ2) is 6.14. The Bertz CT molecular complexity index is 843. The summed E-state index contributed by atoms with van der Waals surface area (Å²) in [5.41, 5.74) is 1.56. The van der Waals surface area contributed by atoms with Gasteiger partial charge in [-0.15, -0.1) is 0 Å². The molecule has 0 unspecified atom stereocenters. The van der Waals surface area contributed by atoms with E-state index in [4.69, 9.17) is 5.26 Å². The smallest absolute Gasteiger partial charge is 0.240 e. The average Bonchev–Trinajstić information content (AvgIpc) is 3.31. The highest BCUT2D eigenvalue weighted by molar-refractivity contribution is 7.89. The summed E-state index contributed by atoms with van der Waals surface area (Å²) in [5, 5.41) is 8.75. The summed E-state index contributed by atoms with van der Waals surface area (Å²) in [6, 6.07) is 8.38. The van der Waals surface area contributed by atoms with Crippen LogP contribution in [0.2, 0.25) is 0 Å². The maximum absolute atomic E-state index is 12.2. The fourth-order valence-corrected chi connectivity index (χ4v) is 3.63. The van der Waals surface area contributed by atoms with E-state index in [0.717, 1.165) is 11.5 Å². The number of hydrogen-bond donors (Lipinski definition) is 1. The standard InChI is InChI=1S/C16H18N4O2S/c1-12-11-18-16(20(12)14-4-5-14)8-9-19-23(21,22)15-6-2-13(10-17)3-7-15/h2-3,6-7,11,14,19H,4-5,8-9H2,1H3. The van der Waals surface area contributed by atoms with Gasteiger partial charge < -0.3 is 4.57 Å². The molecule has 1 fully saturated rings. The monoisotopic (exact) mass is 330 g/mol. The van der Waals surface area contributed by atoms with Crippen molar-refractivity contribution in [3.63, 3.8) is 0 Å². The average molecular weight is 330 g/mol. The van der Waals surface area contributed by atoms with Gasteiger partial charge in [0.05, 0.1) is 16.5 Å². The molecule has 0 amide bonds. The van der Waals surface area contributed by atoms with Crippen LogP contribution in [-0.4, -0.2) is 24.5 Å². The van der Waals surface area contributed by atoms with Crippen LogP contribution < -0.4 is 4.72 Å². The number of benzene rings is 1. The lowest BCUT2D eigenvalue weighted by Crippen LogP contribution is -2.26. The van der Waals surface area contributed by atoms with Crippen LogP contribution in [-0.2, 0) is 16.4 Å². The number of hydrogen-bond acceptors (Lipinski definition) is 4. The number of nitrogens with one attached hydrogen (secondary N) is 1. The maximum Gasteiger partial charge on any atom is 0.240 e. The second-order valence-corrected chi connectivity index (χ2v) is 7.47. The van der Waals surface area contributed by atoms with Crippen molar-refractivity contribution in [1.29, 1.82) is 5.26 Å². The highest BCUT2D eigenvalue weighted by atomic mass is 32.2. The second-order valence-electron chi connectivity index (χ2n) is 5.70. The molecule has 1 aliphatic rings. The van der Waals surface area contributed by atoms with Gasteiger partial charge in [-0.2, -0.15) is 5.26 Å². The van der Waals surface area contributed by atoms with Crippen molar-refractivity contribution in [3.05, 3.63) is 47.5 Å². The number of rotatable bonds is 6. The summed E-state index contributed by atoms with van der Waals surface area (Å²) in [4.78, 5) is 4.55. The molecular formula is C16H18N4O2S. The lowest BCUT2D eigenvalue weighted by atomic mass is 10.2. The van der Waals surface area contributed by atoms with Gasteiger partial charge in [-0.05, 0) is 44.0 Å². The minimum absolute atomic E-state index is 0.165. The zero-order valence-corrected chi connectivity index (χ0v) is 13.7. The number of nitriles is 1. The van der Waals surface area contributed by atoms with Crippen LogP contribution in [0.1, 0.15) is 36.0 Å². The van der Waals surface area contributed by atoms with Gasteiger partial charge >= 0.3 is 0 Å². The van der Waals surface area contributed by atoms with Crippen molar-refractivity contribution in [3.8, 4) is 6.07 Å². The van der Waals surface area contributed by atoms with Crippen molar-refractivity contribution in [1.82, 2.24) is 14.3 Å². The molecule has 0 aliphatic heterocycles. The number of aryl methyl sites for hydroxylation is 1. The number of nitrogens with zero attached hydrogens (tertiary/aromatic N) is 3. The molecular weight excluding hydrogens is 312 g/mol. The molecule has 1 heterocycles. The molecule has 1 N–H and O–H groups in total. The molecule has 0 spiro atoms. The molecule has 1 saturated carbocycles. The van der Waals surface area contributed by atoms with Crippen LogP contribution in [0, 0.1) is 18.3 Å². The molecule has 7 heteroatoms. The normalized spacial score (nSPS) is 14.6. The van der Waals surface area contributed by atoms with Gasteiger partial charge in [0.1, 0.15) is 5.82 Å². The number of aromatic nitrogens is 2. The first kappa shape index (κ1) is 15.7. The SMILES string of the molecule is Cc1cnc(CCNS(=O)(=O)c2ccc(C#N)cc2)n1C1CC1. The number of sulfonamides is 1. The zero-order valence-electron chi connectivity index (χ0n) is 12.9. The van der Waals surface area contributed by atoms with Gasteiger partial charge in [0.15, 0.2) is 0 Å². The molecule has 0 radical (unpaired) electrons. The van der Waals surface area contributed by atoms with Crippen LogP contribution >= 0.6 is 0 Å². The molecule has 3 rings (SSSR count). The van der Waals surface area contributed by atoms with Crippen molar-refractivity contribution in [2.24, 2.45) is 0 Å². The summed E-state index contributed by atoms with van der Waals surface area (Å²) in [7, 11) is -3.56. The predicted molar refractivity (Wildman–Crippen MR) is 85.3 cm³/mol. The third-order valence-corrected chi connectivity index (χ3v) is 5.38. The van der Waals surface area contributed by atoms with Gasteiger partial charge in [-0.3, -0.25) is 0 Å². The van der Waals surface area contributed by atoms with Crippen LogP contribution in [0.5, 0.6) is 0 Å². The lowest BCUT2D eigenvalue weighted by molar-refractivity contribution is 0.578. The van der Waals surface area contributed by atoms with Gasteiger partial charge in [-0.25, -0.2) is 18.1 Å². The fraction of sp³-hybridized carbons (Fsp3) is 0.375. The van der Waals surface area contributed by atoms with E-state index in [0.29, 0.717) is 24.6 Å². The van der Waals surface area contributed by atoms with Gasteiger partial charge in [-0.1, -0.05) is 0 Å². The molecule has 120 valence electrons. The van der Waals surface area contributed by atoms with Gasteiger partial charge in [0, 0.05) is 30.9 Å². The Morgan fingerprint density at radius 3 is 2.65 bits per heavy atom. The summed E-state index contributed by atoms with van der Waals surface area (Å²) in [6.45, 7) is 2.32. The quantitative estimate of drug-likeness (QED) is 0.876. The van der Waals surface area contributed by atoms with E-state index in [1.54, 1.807) is 0 Å². The van der Waals surface area contributed by atoms with E-state index >= 15 is 0 Å². The number of imidazole rings is 1. The first-order chi connectivity index (χ1) is 11.0. The Morgan fingerprint density at radius 2 is 2.04 bits per heavy atom. The predicted octanol–water partition coefficient (Wildman–Crippen LogP) is 1.92. The van der Waals surface area contributed by atoms with Crippen LogP contribution in [0.25, 0.3) is 0 Å². The first-order valence-corrected chi connectivity index (χ1v) is 9.02. The Labute approximate surface area is 135 Å². The minimum Gasteiger partial charge on any atom is -0.329 e. The molecule has 0 atom stereocenters. The third kappa shape index (κ3) is 3.44. The Hall–Kier alpha value is -2.17. The van der Waals surface area contributed by atoms with Gasteiger partial charge in [0.25, 0.3) is 0 Å². The molecule has 1 aromatic carbocycles. The highest BCUT2D eigenvalue weighted by Gasteiger charge is 2.27. The van der Waals surface area contributed by atoms with E-state index in [-0.39, 0.29) is 4.90 Å². The van der Waals surface area contributed by atoms with E-state index in [9.17, 15) is 8.42 Å². The minimum atomic E-state index is -3.56. The van der Waals surface area contributed by atoms with Crippen molar-refractivity contribution in [2.75, 3.05) is 6.54 Å². The summed E-state index contributed by atoms with van der Waals surface area (Å²) >= 11 is 0. The molecule has 0 bridgehead atoms. The Morgan fingerprint density at radius 1 is 1.35 bits per heavy atom. The van der Waals surface area contributed by atoms with Crippen LogP contribution in [0.3, 0.4) is 0 Å². The topological polar surface area (TPSA) is 87.8 Å². The molecule has 6 nitrogen and oxygen atoms in total. The maximum atomic E-state index is 12.2. The molecule has 2 aromatic rings. The Balaban J connectivity index is 1.64. The summed E-state index contributed by atoms with van der Waals surface area (Å²) in [6.07, 6.45) is 4.73. The van der Waals surface area contributed by atoms with E-state index in [1.165, 1.54) is 37.1 Å². The lowest BCUT2D eigenvalue weighted by Gasteiger charge is -2.10. The molecule has 0 saturated heterocycles. The first-order valence-electron chi connectivity index (χ1n) is 7.54. The summed E-state index contributed by atoms with van der Waals surface area (Å²) in [5.74, 6) is 0.924. The zero-order chi connectivity index (χ0) is 16.4. The third-order valence-electron chi connectivity index (χ3n) is 3.90. The van der Waals surface area contributed by atoms with Gasteiger partial charge in [0.2, 0.25) is 10.0 Å². The van der Waals surface area contributed by atoms with Crippen molar-refractivity contribution in [2.45, 2.75) is 37.1 Å². The largest absolute Gasteiger partial charge is 0.329 e. The van der Waals surface area contributed by atoms with Crippen molar-refractivity contribution < 1.29 is 8.42 Å². The summed E-state index contributed by atoms with van der Waals surface area (Å²) < 4.78 is 29.3. The van der Waals surface area contributed by atoms with Crippen LogP contribution in [0.15, 0.2) is 35.4 Å². The molecule has 1 aliphatic carbocycles. The van der Waals surface area contributed by atoms with E-state index < -0.39 is 10.0 Å². The Kier molecular flexibility index (Phi) is 4.20. The fourth-order valence-electron chi connectivity index (χ4n) is 2.60. The highest BCUT2D eigenvalue weighted by Crippen LogP contribution is 2.36. The van der Waals surface area contributed by atoms with E-state index in [1.807, 2.05) is 19.2 Å². The van der Waals surface area contributed by atoms with E-state index in [2.05, 4.69) is 14.3 Å².